The van der Waals surface area contributed by atoms with Gasteiger partial charge in [0.2, 0.25) is 0 Å². The Bertz CT molecular complexity index is 804. The predicted molar refractivity (Wildman–Crippen MR) is 90.0 cm³/mol. The Balaban J connectivity index is 2.20. The summed E-state index contributed by atoms with van der Waals surface area (Å²) in [7, 11) is 0. The van der Waals surface area contributed by atoms with Gasteiger partial charge in [0.1, 0.15) is 5.69 Å². The molecule has 0 radical (unpaired) electrons. The number of nitrogens with one attached hydrogen (secondary N) is 1. The quantitative estimate of drug-likeness (QED) is 0.459. The molecule has 0 fully saturated rings. The van der Waals surface area contributed by atoms with Gasteiger partial charge in [-0.2, -0.15) is 0 Å². The van der Waals surface area contributed by atoms with Gasteiger partial charge in [0.15, 0.2) is 0 Å². The highest BCUT2D eigenvalue weighted by Crippen LogP contribution is 2.31. The minimum absolute atomic E-state index is 0.108. The van der Waals surface area contributed by atoms with Crippen LogP contribution in [0, 0.1) is 20.2 Å². The molecule has 0 amide bonds. The third-order valence-corrected chi connectivity index (χ3v) is 3.23. The molecule has 2 aromatic carbocycles. The van der Waals surface area contributed by atoms with Crippen molar-refractivity contribution in [3.8, 4) is 0 Å². The van der Waals surface area contributed by atoms with E-state index in [1.807, 2.05) is 6.92 Å². The number of hydrogen-bond donors (Lipinski definition) is 1. The van der Waals surface area contributed by atoms with E-state index in [1.54, 1.807) is 12.1 Å². The molecule has 0 saturated heterocycles. The minimum Gasteiger partial charge on any atom is -0.462 e. The fourth-order valence-corrected chi connectivity index (χ4v) is 2.01. The zero-order valence-electron chi connectivity index (χ0n) is 13.3. The van der Waals surface area contributed by atoms with Gasteiger partial charge in [-0.1, -0.05) is 6.92 Å². The average Bonchev–Trinajstić information content (AvgIpc) is 2.60. The molecular weight excluding hydrogens is 330 g/mol. The molecule has 0 unspecified atom stereocenters. The van der Waals surface area contributed by atoms with Crippen molar-refractivity contribution in [2.24, 2.45) is 0 Å². The van der Waals surface area contributed by atoms with Crippen molar-refractivity contribution in [1.82, 2.24) is 0 Å². The third kappa shape index (κ3) is 4.50. The summed E-state index contributed by atoms with van der Waals surface area (Å²) in [6, 6.07) is 9.50. The number of hydrogen-bond acceptors (Lipinski definition) is 7. The number of carbonyl (C=O) groups is 1. The molecule has 0 aliphatic heterocycles. The summed E-state index contributed by atoms with van der Waals surface area (Å²) in [5.41, 5.74) is 0.171. The second-order valence-electron chi connectivity index (χ2n) is 5.05. The largest absolute Gasteiger partial charge is 0.462 e. The van der Waals surface area contributed by atoms with Crippen LogP contribution < -0.4 is 5.32 Å². The highest BCUT2D eigenvalue weighted by molar-refractivity contribution is 5.90. The van der Waals surface area contributed by atoms with E-state index in [4.69, 9.17) is 4.74 Å². The SMILES string of the molecule is CCCOC(=O)c1ccc(Nc2ccc([N+](=O)[O-])cc2[N+](=O)[O-])cc1. The van der Waals surface area contributed by atoms with Gasteiger partial charge in [0.05, 0.1) is 28.1 Å². The fraction of sp³-hybridized carbons (Fsp3) is 0.188. The number of carbonyl (C=O) groups excluding carboxylic acids is 1. The predicted octanol–water partition coefficient (Wildman–Crippen LogP) is 3.81. The minimum atomic E-state index is -0.703. The lowest BCUT2D eigenvalue weighted by Crippen LogP contribution is -2.05. The molecule has 9 heteroatoms. The molecule has 0 aromatic heterocycles. The first-order valence-electron chi connectivity index (χ1n) is 7.39. The summed E-state index contributed by atoms with van der Waals surface area (Å²) in [5.74, 6) is -0.449. The number of nitro benzene ring substituents is 2. The van der Waals surface area contributed by atoms with Gasteiger partial charge in [-0.05, 0) is 36.8 Å². The van der Waals surface area contributed by atoms with E-state index < -0.39 is 21.5 Å². The van der Waals surface area contributed by atoms with Crippen LogP contribution >= 0.6 is 0 Å². The molecule has 0 atom stereocenters. The molecule has 0 heterocycles. The van der Waals surface area contributed by atoms with Crippen LogP contribution in [0.1, 0.15) is 23.7 Å². The fourth-order valence-electron chi connectivity index (χ4n) is 2.01. The first-order chi connectivity index (χ1) is 11.9. The second-order valence-corrected chi connectivity index (χ2v) is 5.05. The number of ether oxygens (including phenoxy) is 1. The van der Waals surface area contributed by atoms with Gasteiger partial charge in [0, 0.05) is 11.8 Å². The van der Waals surface area contributed by atoms with Crippen LogP contribution in [0.3, 0.4) is 0 Å². The maximum atomic E-state index is 11.7. The van der Waals surface area contributed by atoms with E-state index in [1.165, 1.54) is 24.3 Å². The van der Waals surface area contributed by atoms with Gasteiger partial charge in [-0.3, -0.25) is 20.2 Å². The lowest BCUT2D eigenvalue weighted by Gasteiger charge is -2.08. The topological polar surface area (TPSA) is 125 Å². The van der Waals surface area contributed by atoms with Gasteiger partial charge in [-0.15, -0.1) is 0 Å². The molecule has 0 bridgehead atoms. The standard InChI is InChI=1S/C16H15N3O6/c1-2-9-25-16(20)11-3-5-12(6-4-11)17-14-8-7-13(18(21)22)10-15(14)19(23)24/h3-8,10,17H,2,9H2,1H3. The molecule has 0 aliphatic rings. The lowest BCUT2D eigenvalue weighted by molar-refractivity contribution is -0.393. The first-order valence-corrected chi connectivity index (χ1v) is 7.39. The molecule has 2 aromatic rings. The second kappa shape index (κ2) is 7.86. The lowest BCUT2D eigenvalue weighted by atomic mass is 10.2. The molecule has 0 spiro atoms. The summed E-state index contributed by atoms with van der Waals surface area (Å²) in [6.07, 6.45) is 0.717. The Kier molecular flexibility index (Phi) is 5.62. The van der Waals surface area contributed by atoms with E-state index in [0.717, 1.165) is 12.5 Å². The Hall–Kier alpha value is -3.49. The van der Waals surface area contributed by atoms with E-state index in [0.29, 0.717) is 17.9 Å². The molecule has 130 valence electrons. The number of rotatable bonds is 7. The molecule has 1 N–H and O–H groups in total. The van der Waals surface area contributed by atoms with Gasteiger partial charge < -0.3 is 10.1 Å². The third-order valence-electron chi connectivity index (χ3n) is 3.23. The Morgan fingerprint density at radius 3 is 2.32 bits per heavy atom. The van der Waals surface area contributed by atoms with Crippen molar-refractivity contribution in [3.63, 3.8) is 0 Å². The monoisotopic (exact) mass is 345 g/mol. The average molecular weight is 345 g/mol. The molecular formula is C16H15N3O6. The summed E-state index contributed by atoms with van der Waals surface area (Å²) < 4.78 is 5.01. The van der Waals surface area contributed by atoms with Gasteiger partial charge in [0.25, 0.3) is 11.4 Å². The maximum Gasteiger partial charge on any atom is 0.338 e. The zero-order chi connectivity index (χ0) is 18.4. The van der Waals surface area contributed by atoms with Crippen molar-refractivity contribution in [2.75, 3.05) is 11.9 Å². The van der Waals surface area contributed by atoms with Crippen molar-refractivity contribution >= 4 is 28.7 Å². The molecule has 9 nitrogen and oxygen atoms in total. The highest BCUT2D eigenvalue weighted by Gasteiger charge is 2.19. The van der Waals surface area contributed by atoms with Crippen LogP contribution in [-0.4, -0.2) is 22.4 Å². The first kappa shape index (κ1) is 17.9. The Labute approximate surface area is 142 Å². The van der Waals surface area contributed by atoms with Crippen molar-refractivity contribution in [3.05, 3.63) is 68.3 Å². The number of nitrogens with zero attached hydrogens (tertiary/aromatic N) is 2. The van der Waals surface area contributed by atoms with Crippen molar-refractivity contribution in [1.29, 1.82) is 0 Å². The maximum absolute atomic E-state index is 11.7. The summed E-state index contributed by atoms with van der Waals surface area (Å²) in [5, 5.41) is 24.7. The molecule has 0 aliphatic carbocycles. The zero-order valence-corrected chi connectivity index (χ0v) is 13.3. The number of nitro groups is 2. The molecule has 0 saturated carbocycles. The van der Waals surface area contributed by atoms with Gasteiger partial charge >= 0.3 is 5.97 Å². The highest BCUT2D eigenvalue weighted by atomic mass is 16.6. The van der Waals surface area contributed by atoms with Crippen LogP contribution in [0.4, 0.5) is 22.7 Å². The summed E-state index contributed by atoms with van der Waals surface area (Å²) in [4.78, 5) is 32.2. The number of non-ortho nitro benzene ring substituents is 1. The Morgan fingerprint density at radius 2 is 1.76 bits per heavy atom. The normalized spacial score (nSPS) is 10.1. The number of benzene rings is 2. The van der Waals surface area contributed by atoms with Gasteiger partial charge in [-0.25, -0.2) is 4.79 Å². The number of esters is 1. The summed E-state index contributed by atoms with van der Waals surface area (Å²) in [6.45, 7) is 2.21. The van der Waals surface area contributed by atoms with Crippen LogP contribution in [0.5, 0.6) is 0 Å². The van der Waals surface area contributed by atoms with Crippen molar-refractivity contribution < 1.29 is 19.4 Å². The van der Waals surface area contributed by atoms with Crippen LogP contribution in [0.25, 0.3) is 0 Å². The molecule has 25 heavy (non-hydrogen) atoms. The van der Waals surface area contributed by atoms with E-state index >= 15 is 0 Å². The van der Waals surface area contributed by atoms with Crippen LogP contribution in [-0.2, 0) is 4.74 Å². The van der Waals surface area contributed by atoms with Crippen LogP contribution in [0.2, 0.25) is 0 Å². The number of anilines is 2. The smallest absolute Gasteiger partial charge is 0.338 e. The van der Waals surface area contributed by atoms with E-state index in [2.05, 4.69) is 5.32 Å². The summed E-state index contributed by atoms with van der Waals surface area (Å²) >= 11 is 0. The van der Waals surface area contributed by atoms with Crippen molar-refractivity contribution in [2.45, 2.75) is 13.3 Å². The Morgan fingerprint density at radius 1 is 1.08 bits per heavy atom. The molecule has 2 rings (SSSR count). The van der Waals surface area contributed by atoms with Crippen LogP contribution in [0.15, 0.2) is 42.5 Å². The van der Waals surface area contributed by atoms with E-state index in [9.17, 15) is 25.0 Å². The van der Waals surface area contributed by atoms with E-state index in [-0.39, 0.29) is 11.4 Å².